The molecule has 1 aliphatic rings. The molecule has 0 saturated heterocycles. The fourth-order valence-corrected chi connectivity index (χ4v) is 1.52. The molecule has 1 heterocycles. The Balaban J connectivity index is 2.47. The zero-order chi connectivity index (χ0) is 9.42. The summed E-state index contributed by atoms with van der Waals surface area (Å²) in [6, 6.07) is 5.62. The Bertz CT molecular complexity index is 360. The van der Waals surface area contributed by atoms with E-state index < -0.39 is 0 Å². The van der Waals surface area contributed by atoms with E-state index in [-0.39, 0.29) is 11.8 Å². The van der Waals surface area contributed by atoms with E-state index in [1.807, 2.05) is 25.1 Å². The number of carbonyl (C=O) groups is 1. The number of rotatable bonds is 1. The first-order chi connectivity index (χ1) is 6.22. The molecule has 3 heteroatoms. The van der Waals surface area contributed by atoms with Crippen LogP contribution in [-0.2, 0) is 4.79 Å². The molecule has 1 aromatic rings. The fraction of sp³-hybridized carbons (Fsp3) is 0.300. The minimum absolute atomic E-state index is 0.0586. The first-order valence-corrected chi connectivity index (χ1v) is 4.21. The lowest BCUT2D eigenvalue weighted by Gasteiger charge is -2.03. The molecule has 0 fully saturated rings. The number of methoxy groups -OCH3 is 1. The molecule has 0 spiro atoms. The maximum Gasteiger partial charge on any atom is 0.231 e. The lowest BCUT2D eigenvalue weighted by Crippen LogP contribution is -2.08. The van der Waals surface area contributed by atoms with E-state index in [0.29, 0.717) is 0 Å². The molecule has 1 aromatic carbocycles. The van der Waals surface area contributed by atoms with Crippen molar-refractivity contribution in [3.05, 3.63) is 23.8 Å². The molecule has 0 saturated carbocycles. The van der Waals surface area contributed by atoms with Gasteiger partial charge in [0.15, 0.2) is 0 Å². The Morgan fingerprint density at radius 2 is 2.23 bits per heavy atom. The molecule has 0 radical (unpaired) electrons. The van der Waals surface area contributed by atoms with Crippen molar-refractivity contribution in [1.82, 2.24) is 0 Å². The van der Waals surface area contributed by atoms with Crippen molar-refractivity contribution in [2.24, 2.45) is 0 Å². The highest BCUT2D eigenvalue weighted by Crippen LogP contribution is 2.34. The van der Waals surface area contributed by atoms with Crippen molar-refractivity contribution >= 4 is 11.6 Å². The predicted molar refractivity (Wildman–Crippen MR) is 50.0 cm³/mol. The molecule has 3 nitrogen and oxygen atoms in total. The maximum absolute atomic E-state index is 11.3. The molecule has 1 aliphatic heterocycles. The number of ether oxygens (including phenoxy) is 1. The molecule has 0 aliphatic carbocycles. The molecule has 0 bridgehead atoms. The Morgan fingerprint density at radius 3 is 2.92 bits per heavy atom. The van der Waals surface area contributed by atoms with Crippen LogP contribution in [0.1, 0.15) is 18.4 Å². The molecule has 2 rings (SSSR count). The summed E-state index contributed by atoms with van der Waals surface area (Å²) < 4.78 is 5.08. The van der Waals surface area contributed by atoms with Gasteiger partial charge in [0, 0.05) is 5.69 Å². The van der Waals surface area contributed by atoms with Gasteiger partial charge in [0.2, 0.25) is 5.91 Å². The number of fused-ring (bicyclic) bond motifs is 1. The Morgan fingerprint density at radius 1 is 1.46 bits per heavy atom. The van der Waals surface area contributed by atoms with Crippen LogP contribution in [0.4, 0.5) is 5.69 Å². The van der Waals surface area contributed by atoms with Crippen LogP contribution in [0.3, 0.4) is 0 Å². The minimum atomic E-state index is -0.0647. The van der Waals surface area contributed by atoms with Crippen LogP contribution in [0.5, 0.6) is 5.75 Å². The van der Waals surface area contributed by atoms with Crippen molar-refractivity contribution in [3.8, 4) is 5.75 Å². The van der Waals surface area contributed by atoms with Gasteiger partial charge in [0.25, 0.3) is 0 Å². The first kappa shape index (κ1) is 8.10. The van der Waals surface area contributed by atoms with Crippen LogP contribution in [0.2, 0.25) is 0 Å². The lowest BCUT2D eigenvalue weighted by molar-refractivity contribution is -0.116. The van der Waals surface area contributed by atoms with E-state index in [9.17, 15) is 4.79 Å². The highest BCUT2D eigenvalue weighted by molar-refractivity contribution is 6.02. The molecule has 68 valence electrons. The number of nitrogens with one attached hydrogen (secondary N) is 1. The van der Waals surface area contributed by atoms with E-state index in [0.717, 1.165) is 17.0 Å². The highest BCUT2D eigenvalue weighted by atomic mass is 16.5. The number of anilines is 1. The predicted octanol–water partition coefficient (Wildman–Crippen LogP) is 1.75. The normalized spacial score (nSPS) is 19.5. The second kappa shape index (κ2) is 2.76. The van der Waals surface area contributed by atoms with E-state index in [1.165, 1.54) is 0 Å². The maximum atomic E-state index is 11.3. The third kappa shape index (κ3) is 1.16. The molecule has 1 N–H and O–H groups in total. The van der Waals surface area contributed by atoms with Crippen LogP contribution in [-0.4, -0.2) is 13.0 Å². The van der Waals surface area contributed by atoms with Crippen LogP contribution in [0, 0.1) is 0 Å². The molecule has 1 amide bonds. The number of hydrogen-bond acceptors (Lipinski definition) is 2. The molecule has 1 atom stereocenters. The highest BCUT2D eigenvalue weighted by Gasteiger charge is 2.26. The van der Waals surface area contributed by atoms with Gasteiger partial charge in [-0.15, -0.1) is 0 Å². The van der Waals surface area contributed by atoms with Gasteiger partial charge in [-0.2, -0.15) is 0 Å². The fourth-order valence-electron chi connectivity index (χ4n) is 1.52. The smallest absolute Gasteiger partial charge is 0.231 e. The average Bonchev–Trinajstić information content (AvgIpc) is 2.43. The quantitative estimate of drug-likeness (QED) is 0.709. The van der Waals surface area contributed by atoms with Gasteiger partial charge < -0.3 is 10.1 Å². The summed E-state index contributed by atoms with van der Waals surface area (Å²) in [5.41, 5.74) is 1.92. The van der Waals surface area contributed by atoms with Crippen molar-refractivity contribution in [3.63, 3.8) is 0 Å². The summed E-state index contributed by atoms with van der Waals surface area (Å²) >= 11 is 0. The SMILES string of the molecule is COc1ccc2c(c1)[C@H](C)C(=O)N2. The van der Waals surface area contributed by atoms with Gasteiger partial charge in [-0.3, -0.25) is 4.79 Å². The van der Waals surface area contributed by atoms with Crippen molar-refractivity contribution < 1.29 is 9.53 Å². The molecular weight excluding hydrogens is 166 g/mol. The third-order valence-electron chi connectivity index (χ3n) is 2.38. The minimum Gasteiger partial charge on any atom is -0.497 e. The second-order valence-electron chi connectivity index (χ2n) is 3.16. The van der Waals surface area contributed by atoms with Crippen molar-refractivity contribution in [2.75, 3.05) is 12.4 Å². The van der Waals surface area contributed by atoms with E-state index >= 15 is 0 Å². The van der Waals surface area contributed by atoms with E-state index in [4.69, 9.17) is 4.74 Å². The summed E-state index contributed by atoms with van der Waals surface area (Å²) in [6.45, 7) is 1.89. The van der Waals surface area contributed by atoms with E-state index in [1.54, 1.807) is 7.11 Å². The number of hydrogen-bond donors (Lipinski definition) is 1. The number of benzene rings is 1. The van der Waals surface area contributed by atoms with Gasteiger partial charge in [0.05, 0.1) is 13.0 Å². The number of amides is 1. The molecule has 0 aromatic heterocycles. The van der Waals surface area contributed by atoms with Crippen molar-refractivity contribution in [1.29, 1.82) is 0 Å². The van der Waals surface area contributed by atoms with Crippen LogP contribution in [0.15, 0.2) is 18.2 Å². The second-order valence-corrected chi connectivity index (χ2v) is 3.16. The summed E-state index contributed by atoms with van der Waals surface area (Å²) in [4.78, 5) is 11.3. The Hall–Kier alpha value is -1.51. The van der Waals surface area contributed by atoms with Crippen LogP contribution < -0.4 is 10.1 Å². The Labute approximate surface area is 76.7 Å². The summed E-state index contributed by atoms with van der Waals surface area (Å²) in [5, 5.41) is 2.80. The van der Waals surface area contributed by atoms with Gasteiger partial charge >= 0.3 is 0 Å². The zero-order valence-corrected chi connectivity index (χ0v) is 7.63. The van der Waals surface area contributed by atoms with Crippen molar-refractivity contribution in [2.45, 2.75) is 12.8 Å². The molecular formula is C10H11NO2. The molecule has 13 heavy (non-hydrogen) atoms. The van der Waals surface area contributed by atoms with Gasteiger partial charge in [-0.25, -0.2) is 0 Å². The summed E-state index contributed by atoms with van der Waals surface area (Å²) in [5.74, 6) is 0.787. The first-order valence-electron chi connectivity index (χ1n) is 4.21. The monoisotopic (exact) mass is 177 g/mol. The van der Waals surface area contributed by atoms with Crippen LogP contribution in [0.25, 0.3) is 0 Å². The van der Waals surface area contributed by atoms with Crippen LogP contribution >= 0.6 is 0 Å². The summed E-state index contributed by atoms with van der Waals surface area (Å²) in [7, 11) is 1.62. The van der Waals surface area contributed by atoms with E-state index in [2.05, 4.69) is 5.32 Å². The number of carbonyl (C=O) groups excluding carboxylic acids is 1. The third-order valence-corrected chi connectivity index (χ3v) is 2.38. The standard InChI is InChI=1S/C10H11NO2/c1-6-8-5-7(13-2)3-4-9(8)11-10(6)12/h3-6H,1-2H3,(H,11,12)/t6-/m0/s1. The topological polar surface area (TPSA) is 38.3 Å². The summed E-state index contributed by atoms with van der Waals surface area (Å²) in [6.07, 6.45) is 0. The largest absolute Gasteiger partial charge is 0.497 e. The average molecular weight is 177 g/mol. The van der Waals surface area contributed by atoms with Gasteiger partial charge in [-0.1, -0.05) is 0 Å². The lowest BCUT2D eigenvalue weighted by atomic mass is 10.0. The molecule has 0 unspecified atom stereocenters. The Kier molecular flexibility index (Phi) is 1.72. The van der Waals surface area contributed by atoms with Gasteiger partial charge in [0.1, 0.15) is 5.75 Å². The zero-order valence-electron chi connectivity index (χ0n) is 7.63. The van der Waals surface area contributed by atoms with Gasteiger partial charge in [-0.05, 0) is 30.7 Å².